The fraction of sp³-hybridized carbons (Fsp3) is 0.138. The minimum atomic E-state index is -0.141. The van der Waals surface area contributed by atoms with Gasteiger partial charge in [0.2, 0.25) is 5.91 Å². The van der Waals surface area contributed by atoms with Gasteiger partial charge in [0.15, 0.2) is 5.82 Å². The lowest BCUT2D eigenvalue weighted by molar-refractivity contribution is -0.118. The monoisotopic (exact) mass is 489 g/mol. The first-order valence-electron chi connectivity index (χ1n) is 12.0. The molecule has 0 fully saturated rings. The number of fused-ring (bicyclic) bond motifs is 1. The summed E-state index contributed by atoms with van der Waals surface area (Å²) < 4.78 is 0. The summed E-state index contributed by atoms with van der Waals surface area (Å²) in [6.45, 7) is 3.67. The highest BCUT2D eigenvalue weighted by molar-refractivity contribution is 6.13. The van der Waals surface area contributed by atoms with Crippen molar-refractivity contribution in [2.45, 2.75) is 20.3 Å². The van der Waals surface area contributed by atoms with Crippen LogP contribution in [-0.4, -0.2) is 31.6 Å². The van der Waals surface area contributed by atoms with E-state index in [4.69, 9.17) is 16.1 Å². The summed E-state index contributed by atoms with van der Waals surface area (Å²) in [4.78, 5) is 28.8. The van der Waals surface area contributed by atoms with E-state index in [1.54, 1.807) is 30.9 Å². The van der Waals surface area contributed by atoms with Gasteiger partial charge in [-0.05, 0) is 35.8 Å². The number of carbonyl (C=O) groups is 1. The van der Waals surface area contributed by atoms with Crippen molar-refractivity contribution in [1.29, 1.82) is 5.41 Å². The number of allylic oxidation sites excluding steroid dienone is 6. The molecule has 1 aromatic carbocycles. The number of benzene rings is 1. The smallest absolute Gasteiger partial charge is 0.226 e. The summed E-state index contributed by atoms with van der Waals surface area (Å²) in [7, 11) is 0. The van der Waals surface area contributed by atoms with E-state index in [0.29, 0.717) is 22.8 Å². The molecule has 5 N–H and O–H groups in total. The maximum absolute atomic E-state index is 12.1. The number of aromatic amines is 1. The van der Waals surface area contributed by atoms with Gasteiger partial charge >= 0.3 is 0 Å². The molecule has 0 atom stereocenters. The number of nitrogen functional groups attached to an aromatic ring is 1. The summed E-state index contributed by atoms with van der Waals surface area (Å²) in [5.41, 5.74) is 13.1. The number of H-pyrrole nitrogens is 1. The molecule has 0 saturated heterocycles. The molecule has 0 spiro atoms. The van der Waals surface area contributed by atoms with Crippen LogP contribution < -0.4 is 11.1 Å². The molecule has 8 heteroatoms. The Labute approximate surface area is 214 Å². The topological polar surface area (TPSA) is 133 Å². The van der Waals surface area contributed by atoms with Crippen molar-refractivity contribution in [3.63, 3.8) is 0 Å². The van der Waals surface area contributed by atoms with Crippen molar-refractivity contribution < 1.29 is 4.79 Å². The number of carbonyl (C=O) groups excluding carboxylic acids is 1. The Kier molecular flexibility index (Phi) is 6.47. The third-order valence-corrected chi connectivity index (χ3v) is 6.11. The first-order chi connectivity index (χ1) is 17.9. The molecule has 1 amide bonds. The fourth-order valence-electron chi connectivity index (χ4n) is 4.05. The van der Waals surface area contributed by atoms with Crippen LogP contribution in [0.5, 0.6) is 0 Å². The number of hydrogen-bond acceptors (Lipinski definition) is 6. The zero-order valence-corrected chi connectivity index (χ0v) is 20.6. The molecule has 1 aliphatic carbocycles. The highest BCUT2D eigenvalue weighted by Gasteiger charge is 2.17. The lowest BCUT2D eigenvalue weighted by Crippen LogP contribution is -2.17. The zero-order valence-electron chi connectivity index (χ0n) is 20.6. The molecule has 3 aromatic heterocycles. The van der Waals surface area contributed by atoms with Crippen molar-refractivity contribution in [1.82, 2.24) is 19.9 Å². The molecule has 5 rings (SSSR count). The number of imidazole rings is 1. The van der Waals surface area contributed by atoms with Gasteiger partial charge in [-0.3, -0.25) is 20.2 Å². The summed E-state index contributed by atoms with van der Waals surface area (Å²) in [6, 6.07) is 7.34. The van der Waals surface area contributed by atoms with Crippen molar-refractivity contribution in [2.75, 3.05) is 11.1 Å². The van der Waals surface area contributed by atoms with E-state index in [1.165, 1.54) is 0 Å². The van der Waals surface area contributed by atoms with Crippen LogP contribution in [0.2, 0.25) is 0 Å². The van der Waals surface area contributed by atoms with Gasteiger partial charge in [-0.1, -0.05) is 50.3 Å². The largest absolute Gasteiger partial charge is 0.398 e. The van der Waals surface area contributed by atoms with Crippen LogP contribution in [0.1, 0.15) is 37.2 Å². The highest BCUT2D eigenvalue weighted by Crippen LogP contribution is 2.29. The van der Waals surface area contributed by atoms with Gasteiger partial charge in [0.25, 0.3) is 0 Å². The molecular weight excluding hydrogens is 462 g/mol. The normalized spacial score (nSPS) is 13.0. The van der Waals surface area contributed by atoms with Gasteiger partial charge in [-0.25, -0.2) is 4.98 Å². The minimum Gasteiger partial charge on any atom is -0.398 e. The molecule has 0 saturated carbocycles. The number of aromatic nitrogens is 4. The van der Waals surface area contributed by atoms with Gasteiger partial charge in [0.1, 0.15) is 5.71 Å². The van der Waals surface area contributed by atoms with E-state index < -0.39 is 0 Å². The Morgan fingerprint density at radius 3 is 2.76 bits per heavy atom. The number of nitrogens with one attached hydrogen (secondary N) is 3. The quantitative estimate of drug-likeness (QED) is 0.209. The predicted molar refractivity (Wildman–Crippen MR) is 148 cm³/mol. The third-order valence-electron chi connectivity index (χ3n) is 6.11. The first-order valence-corrected chi connectivity index (χ1v) is 12.0. The highest BCUT2D eigenvalue weighted by atomic mass is 16.1. The maximum atomic E-state index is 12.1. The van der Waals surface area contributed by atoms with E-state index in [-0.39, 0.29) is 17.5 Å². The SMILES string of the molecule is CC(C)C(=O)Nc1cncc(-c2ccc(N)c(C(=N)c3nc4c(C5=CC=CCC=C5)cncc4[nH]3)c2)c1. The molecule has 1 aliphatic rings. The van der Waals surface area contributed by atoms with Crippen LogP contribution in [0.15, 0.2) is 79.4 Å². The van der Waals surface area contributed by atoms with Crippen LogP contribution >= 0.6 is 0 Å². The van der Waals surface area contributed by atoms with E-state index >= 15 is 0 Å². The Morgan fingerprint density at radius 1 is 1.08 bits per heavy atom. The summed E-state index contributed by atoms with van der Waals surface area (Å²) in [5.74, 6) is 0.180. The van der Waals surface area contributed by atoms with Gasteiger partial charge in [-0.15, -0.1) is 0 Å². The van der Waals surface area contributed by atoms with Gasteiger partial charge in [0, 0.05) is 40.7 Å². The molecule has 37 heavy (non-hydrogen) atoms. The Morgan fingerprint density at radius 2 is 1.92 bits per heavy atom. The van der Waals surface area contributed by atoms with E-state index in [0.717, 1.165) is 39.7 Å². The van der Waals surface area contributed by atoms with E-state index in [2.05, 4.69) is 38.5 Å². The van der Waals surface area contributed by atoms with Crippen molar-refractivity contribution >= 4 is 39.6 Å². The first kappa shape index (κ1) is 23.9. The summed E-state index contributed by atoms with van der Waals surface area (Å²) in [5, 5.41) is 11.8. The second-order valence-electron chi connectivity index (χ2n) is 9.14. The number of nitrogens with two attached hydrogens (primary N) is 1. The van der Waals surface area contributed by atoms with Crippen LogP contribution in [0.3, 0.4) is 0 Å². The molecule has 184 valence electrons. The lowest BCUT2D eigenvalue weighted by Gasteiger charge is -2.11. The molecule has 0 bridgehead atoms. The van der Waals surface area contributed by atoms with Crippen molar-refractivity contribution in [3.05, 3.63) is 96.4 Å². The second-order valence-corrected chi connectivity index (χ2v) is 9.14. The number of pyridine rings is 2. The Bertz CT molecular complexity index is 1610. The van der Waals surface area contributed by atoms with Crippen LogP contribution in [0.4, 0.5) is 11.4 Å². The standard InChI is InChI=1S/C29H27N7O/c1-17(2)29(37)34-21-11-20(13-32-14-21)19-9-10-24(30)22(12-19)26(31)28-35-25-16-33-15-23(27(25)36-28)18-7-5-3-4-6-8-18/h3,5-17,31H,4,30H2,1-2H3,(H,34,37)(H,35,36). The average molecular weight is 490 g/mol. The second kappa shape index (κ2) is 10.0. The van der Waals surface area contributed by atoms with E-state index in [9.17, 15) is 4.79 Å². The summed E-state index contributed by atoms with van der Waals surface area (Å²) >= 11 is 0. The third kappa shape index (κ3) is 4.95. The fourth-order valence-corrected chi connectivity index (χ4v) is 4.05. The minimum absolute atomic E-state index is 0.0800. The Balaban J connectivity index is 1.50. The lowest BCUT2D eigenvalue weighted by atomic mass is 10.00. The van der Waals surface area contributed by atoms with Gasteiger partial charge < -0.3 is 16.0 Å². The molecule has 0 aliphatic heterocycles. The van der Waals surface area contributed by atoms with Crippen LogP contribution in [0.25, 0.3) is 27.7 Å². The van der Waals surface area contributed by atoms with Crippen LogP contribution in [0, 0.1) is 11.3 Å². The van der Waals surface area contributed by atoms with Gasteiger partial charge in [0.05, 0.1) is 29.1 Å². The number of amides is 1. The predicted octanol–water partition coefficient (Wildman–Crippen LogP) is 5.51. The van der Waals surface area contributed by atoms with Crippen molar-refractivity contribution in [3.8, 4) is 11.1 Å². The summed E-state index contributed by atoms with van der Waals surface area (Å²) in [6.07, 6.45) is 18.0. The molecular formula is C29H27N7O. The molecule has 0 radical (unpaired) electrons. The van der Waals surface area contributed by atoms with Gasteiger partial charge in [-0.2, -0.15) is 0 Å². The number of rotatable bonds is 6. The molecule has 8 nitrogen and oxygen atoms in total. The Hall–Kier alpha value is -4.85. The molecule has 3 heterocycles. The zero-order chi connectivity index (χ0) is 25.9. The molecule has 0 unspecified atom stereocenters. The number of hydrogen-bond donors (Lipinski definition) is 4. The molecule has 4 aromatic rings. The van der Waals surface area contributed by atoms with Crippen molar-refractivity contribution in [2.24, 2.45) is 5.92 Å². The van der Waals surface area contributed by atoms with Crippen LogP contribution in [-0.2, 0) is 4.79 Å². The number of nitrogens with zero attached hydrogens (tertiary/aromatic N) is 3. The average Bonchev–Trinajstić information content (AvgIpc) is 3.16. The van der Waals surface area contributed by atoms with E-state index in [1.807, 2.05) is 44.2 Å². The number of anilines is 2. The maximum Gasteiger partial charge on any atom is 0.226 e.